The molecule has 0 bridgehead atoms. The SMILES string of the molecule is Cc1ccc(C#N)cc1-c1nc2ccccc2[nH]1. The minimum absolute atomic E-state index is 0.649. The fraction of sp³-hybridized carbons (Fsp3) is 0.0667. The molecule has 3 rings (SSSR count). The third kappa shape index (κ3) is 1.64. The lowest BCUT2D eigenvalue weighted by molar-refractivity contribution is 1.30. The van der Waals surface area contributed by atoms with Gasteiger partial charge >= 0.3 is 0 Å². The van der Waals surface area contributed by atoms with Gasteiger partial charge in [-0.05, 0) is 36.8 Å². The summed E-state index contributed by atoms with van der Waals surface area (Å²) >= 11 is 0. The average Bonchev–Trinajstić information content (AvgIpc) is 2.82. The fourth-order valence-electron chi connectivity index (χ4n) is 2.03. The highest BCUT2D eigenvalue weighted by Gasteiger charge is 2.08. The quantitative estimate of drug-likeness (QED) is 0.700. The summed E-state index contributed by atoms with van der Waals surface area (Å²) < 4.78 is 0. The Morgan fingerprint density at radius 3 is 2.78 bits per heavy atom. The Bertz CT molecular complexity index is 730. The lowest BCUT2D eigenvalue weighted by Crippen LogP contribution is -1.87. The molecule has 0 aliphatic heterocycles. The lowest BCUT2D eigenvalue weighted by Gasteiger charge is -2.02. The van der Waals surface area contributed by atoms with Crippen LogP contribution in [0.15, 0.2) is 42.5 Å². The lowest BCUT2D eigenvalue weighted by atomic mass is 10.1. The second kappa shape index (κ2) is 4.01. The number of imidazole rings is 1. The zero-order valence-corrected chi connectivity index (χ0v) is 9.94. The van der Waals surface area contributed by atoms with E-state index in [1.165, 1.54) is 0 Å². The number of aryl methyl sites for hydroxylation is 1. The van der Waals surface area contributed by atoms with Crippen molar-refractivity contribution in [2.45, 2.75) is 6.92 Å². The van der Waals surface area contributed by atoms with Crippen LogP contribution in [0.5, 0.6) is 0 Å². The second-order valence-corrected chi connectivity index (χ2v) is 4.24. The Labute approximate surface area is 105 Å². The van der Waals surface area contributed by atoms with E-state index in [1.54, 1.807) is 0 Å². The van der Waals surface area contributed by atoms with Gasteiger partial charge in [-0.25, -0.2) is 4.98 Å². The molecule has 0 radical (unpaired) electrons. The monoisotopic (exact) mass is 233 g/mol. The Morgan fingerprint density at radius 1 is 1.17 bits per heavy atom. The van der Waals surface area contributed by atoms with Gasteiger partial charge in [0, 0.05) is 5.56 Å². The minimum Gasteiger partial charge on any atom is -0.338 e. The maximum Gasteiger partial charge on any atom is 0.138 e. The number of para-hydroxylation sites is 2. The van der Waals surface area contributed by atoms with Crippen LogP contribution in [0.1, 0.15) is 11.1 Å². The first-order chi connectivity index (χ1) is 8.78. The van der Waals surface area contributed by atoms with Crippen molar-refractivity contribution in [1.82, 2.24) is 9.97 Å². The predicted molar refractivity (Wildman–Crippen MR) is 71.0 cm³/mol. The largest absolute Gasteiger partial charge is 0.338 e. The molecule has 0 saturated carbocycles. The highest BCUT2D eigenvalue weighted by Crippen LogP contribution is 2.24. The molecule has 0 spiro atoms. The Kier molecular flexibility index (Phi) is 2.35. The summed E-state index contributed by atoms with van der Waals surface area (Å²) in [6, 6.07) is 15.7. The molecule has 0 atom stereocenters. The molecule has 3 heteroatoms. The number of benzene rings is 2. The van der Waals surface area contributed by atoms with Crippen molar-refractivity contribution < 1.29 is 0 Å². The van der Waals surface area contributed by atoms with Gasteiger partial charge in [-0.15, -0.1) is 0 Å². The normalized spacial score (nSPS) is 10.4. The number of aromatic nitrogens is 2. The molecule has 18 heavy (non-hydrogen) atoms. The molecule has 0 amide bonds. The van der Waals surface area contributed by atoms with Gasteiger partial charge in [-0.1, -0.05) is 18.2 Å². The summed E-state index contributed by atoms with van der Waals surface area (Å²) in [6.45, 7) is 2.02. The Hall–Kier alpha value is -2.60. The predicted octanol–water partition coefficient (Wildman–Crippen LogP) is 3.41. The van der Waals surface area contributed by atoms with Crippen LogP contribution >= 0.6 is 0 Å². The number of hydrogen-bond acceptors (Lipinski definition) is 2. The molecule has 3 aromatic rings. The van der Waals surface area contributed by atoms with E-state index in [0.717, 1.165) is 28.0 Å². The van der Waals surface area contributed by atoms with E-state index in [9.17, 15) is 0 Å². The third-order valence-corrected chi connectivity index (χ3v) is 3.01. The maximum atomic E-state index is 8.96. The molecule has 0 fully saturated rings. The smallest absolute Gasteiger partial charge is 0.138 e. The first-order valence-electron chi connectivity index (χ1n) is 5.74. The van der Waals surface area contributed by atoms with Crippen molar-refractivity contribution in [3.8, 4) is 17.5 Å². The molecule has 1 aromatic heterocycles. The van der Waals surface area contributed by atoms with Gasteiger partial charge < -0.3 is 4.98 Å². The molecular weight excluding hydrogens is 222 g/mol. The van der Waals surface area contributed by atoms with E-state index in [4.69, 9.17) is 5.26 Å². The molecule has 1 N–H and O–H groups in total. The van der Waals surface area contributed by atoms with Gasteiger partial charge in [-0.3, -0.25) is 0 Å². The van der Waals surface area contributed by atoms with Gasteiger partial charge in [0.1, 0.15) is 5.82 Å². The number of hydrogen-bond donors (Lipinski definition) is 1. The zero-order chi connectivity index (χ0) is 12.5. The van der Waals surface area contributed by atoms with Crippen molar-refractivity contribution in [2.24, 2.45) is 0 Å². The van der Waals surface area contributed by atoms with Gasteiger partial charge in [0.2, 0.25) is 0 Å². The van der Waals surface area contributed by atoms with Crippen LogP contribution in [0.25, 0.3) is 22.4 Å². The first-order valence-corrected chi connectivity index (χ1v) is 5.74. The molecule has 3 nitrogen and oxygen atoms in total. The molecule has 0 unspecified atom stereocenters. The number of nitriles is 1. The number of rotatable bonds is 1. The van der Waals surface area contributed by atoms with Crippen molar-refractivity contribution in [2.75, 3.05) is 0 Å². The molecule has 0 aliphatic rings. The summed E-state index contributed by atoms with van der Waals surface area (Å²) in [5.74, 6) is 0.811. The van der Waals surface area contributed by atoms with E-state index < -0.39 is 0 Å². The number of fused-ring (bicyclic) bond motifs is 1. The highest BCUT2D eigenvalue weighted by molar-refractivity contribution is 5.80. The van der Waals surface area contributed by atoms with E-state index in [2.05, 4.69) is 16.0 Å². The van der Waals surface area contributed by atoms with Crippen LogP contribution in [0.2, 0.25) is 0 Å². The summed E-state index contributed by atoms with van der Waals surface area (Å²) in [7, 11) is 0. The highest BCUT2D eigenvalue weighted by atomic mass is 14.9. The van der Waals surface area contributed by atoms with Gasteiger partial charge in [-0.2, -0.15) is 5.26 Å². The maximum absolute atomic E-state index is 8.96. The number of H-pyrrole nitrogens is 1. The number of nitrogens with zero attached hydrogens (tertiary/aromatic N) is 2. The van der Waals surface area contributed by atoms with Crippen LogP contribution < -0.4 is 0 Å². The van der Waals surface area contributed by atoms with Gasteiger partial charge in [0.25, 0.3) is 0 Å². The molecule has 86 valence electrons. The van der Waals surface area contributed by atoms with Gasteiger partial charge in [0.15, 0.2) is 0 Å². The topological polar surface area (TPSA) is 52.5 Å². The summed E-state index contributed by atoms with van der Waals surface area (Å²) in [4.78, 5) is 7.84. The van der Waals surface area contributed by atoms with Crippen molar-refractivity contribution in [3.63, 3.8) is 0 Å². The third-order valence-electron chi connectivity index (χ3n) is 3.01. The average molecular weight is 233 g/mol. The van der Waals surface area contributed by atoms with Crippen LogP contribution in [0, 0.1) is 18.3 Å². The summed E-state index contributed by atoms with van der Waals surface area (Å²) in [6.07, 6.45) is 0. The van der Waals surface area contributed by atoms with E-state index >= 15 is 0 Å². The fourth-order valence-corrected chi connectivity index (χ4v) is 2.03. The van der Waals surface area contributed by atoms with E-state index in [-0.39, 0.29) is 0 Å². The van der Waals surface area contributed by atoms with Crippen LogP contribution in [0.4, 0.5) is 0 Å². The molecular formula is C15H11N3. The molecule has 1 heterocycles. The molecule has 0 aliphatic carbocycles. The minimum atomic E-state index is 0.649. The number of nitrogens with one attached hydrogen (secondary N) is 1. The van der Waals surface area contributed by atoms with Crippen LogP contribution in [-0.2, 0) is 0 Å². The van der Waals surface area contributed by atoms with Crippen molar-refractivity contribution >= 4 is 11.0 Å². The van der Waals surface area contributed by atoms with E-state index in [0.29, 0.717) is 5.56 Å². The van der Waals surface area contributed by atoms with Crippen LogP contribution in [-0.4, -0.2) is 9.97 Å². The Balaban J connectivity index is 2.22. The molecule has 0 saturated heterocycles. The molecule has 2 aromatic carbocycles. The number of aromatic amines is 1. The van der Waals surface area contributed by atoms with Gasteiger partial charge in [0.05, 0.1) is 22.7 Å². The summed E-state index contributed by atoms with van der Waals surface area (Å²) in [5.41, 5.74) is 4.68. The zero-order valence-electron chi connectivity index (χ0n) is 9.94. The van der Waals surface area contributed by atoms with Crippen molar-refractivity contribution in [1.29, 1.82) is 5.26 Å². The van der Waals surface area contributed by atoms with Crippen molar-refractivity contribution in [3.05, 3.63) is 53.6 Å². The van der Waals surface area contributed by atoms with Crippen LogP contribution in [0.3, 0.4) is 0 Å². The summed E-state index contributed by atoms with van der Waals surface area (Å²) in [5, 5.41) is 8.96. The second-order valence-electron chi connectivity index (χ2n) is 4.24. The Morgan fingerprint density at radius 2 is 2.00 bits per heavy atom. The standard InChI is InChI=1S/C15H11N3/c1-10-6-7-11(9-16)8-12(10)15-17-13-4-2-3-5-14(13)18-15/h2-8H,1H3,(H,17,18). The first kappa shape index (κ1) is 10.5. The van der Waals surface area contributed by atoms with E-state index in [1.807, 2.05) is 49.4 Å².